The average Bonchev–Trinajstić information content (AvgIpc) is 3.15. The van der Waals surface area contributed by atoms with Gasteiger partial charge >= 0.3 is 0 Å². The summed E-state index contributed by atoms with van der Waals surface area (Å²) in [6, 6.07) is 11.3. The molecule has 27 heavy (non-hydrogen) atoms. The lowest BCUT2D eigenvalue weighted by Crippen LogP contribution is -2.22. The molecule has 1 aliphatic heterocycles. The van der Waals surface area contributed by atoms with Crippen molar-refractivity contribution in [1.82, 2.24) is 14.7 Å². The van der Waals surface area contributed by atoms with Gasteiger partial charge in [0.15, 0.2) is 0 Å². The lowest BCUT2D eigenvalue weighted by Gasteiger charge is -2.13. The number of benzene rings is 2. The average molecular weight is 388 g/mol. The van der Waals surface area contributed by atoms with Crippen molar-refractivity contribution in [2.24, 2.45) is 5.73 Å². The molecule has 1 amide bonds. The van der Waals surface area contributed by atoms with Crippen molar-refractivity contribution in [3.8, 4) is 0 Å². The van der Waals surface area contributed by atoms with E-state index < -0.39 is 33.0 Å². The van der Waals surface area contributed by atoms with Crippen molar-refractivity contribution in [3.05, 3.63) is 65.2 Å². The molecule has 0 aliphatic carbocycles. The summed E-state index contributed by atoms with van der Waals surface area (Å²) in [5, 5.41) is -1.21. The number of nitrogens with zero attached hydrogens (tertiary/aromatic N) is 1. The third-order valence-electron chi connectivity index (χ3n) is 4.63. The van der Waals surface area contributed by atoms with E-state index in [9.17, 15) is 17.6 Å². The Morgan fingerprint density at radius 1 is 1.26 bits per heavy atom. The summed E-state index contributed by atoms with van der Waals surface area (Å²) >= 11 is 0. The maximum Gasteiger partial charge on any atom is 0.242 e. The first kappa shape index (κ1) is 17.6. The smallest absolute Gasteiger partial charge is 0.242 e. The van der Waals surface area contributed by atoms with Crippen molar-refractivity contribution in [2.45, 2.75) is 24.1 Å². The molecule has 2 heterocycles. The van der Waals surface area contributed by atoms with Crippen molar-refractivity contribution in [2.75, 3.05) is 0 Å². The van der Waals surface area contributed by atoms with Gasteiger partial charge in [-0.1, -0.05) is 24.3 Å². The molecule has 9 heteroatoms. The number of rotatable bonds is 4. The molecule has 2 atom stereocenters. The van der Waals surface area contributed by atoms with Crippen LogP contribution in [-0.4, -0.2) is 24.3 Å². The minimum atomic E-state index is -3.88. The molecule has 140 valence electrons. The number of aromatic amines is 1. The van der Waals surface area contributed by atoms with Gasteiger partial charge < -0.3 is 10.7 Å². The highest BCUT2D eigenvalue weighted by atomic mass is 32.2. The zero-order chi connectivity index (χ0) is 19.2. The van der Waals surface area contributed by atoms with Crippen LogP contribution in [0.4, 0.5) is 4.39 Å². The lowest BCUT2D eigenvalue weighted by molar-refractivity contribution is -0.118. The molecule has 0 radical (unpaired) electrons. The van der Waals surface area contributed by atoms with E-state index in [1.165, 1.54) is 12.1 Å². The second-order valence-electron chi connectivity index (χ2n) is 6.57. The van der Waals surface area contributed by atoms with Gasteiger partial charge in [0.1, 0.15) is 16.9 Å². The van der Waals surface area contributed by atoms with Gasteiger partial charge in [-0.25, -0.2) is 17.8 Å². The fourth-order valence-electron chi connectivity index (χ4n) is 3.28. The first-order chi connectivity index (χ1) is 12.8. The summed E-state index contributed by atoms with van der Waals surface area (Å²) in [5.74, 6) is -0.710. The summed E-state index contributed by atoms with van der Waals surface area (Å²) in [4.78, 5) is 18.9. The normalized spacial score (nSPS) is 19.9. The number of imidazole rings is 1. The van der Waals surface area contributed by atoms with Crippen molar-refractivity contribution < 1.29 is 17.6 Å². The number of carbonyl (C=O) groups excluding carboxylic acids is 1. The van der Waals surface area contributed by atoms with E-state index in [2.05, 4.69) is 9.97 Å². The number of aromatic nitrogens is 2. The maximum atomic E-state index is 14.5. The number of carbonyl (C=O) groups is 1. The van der Waals surface area contributed by atoms with E-state index in [1.807, 2.05) is 29.0 Å². The Kier molecular flexibility index (Phi) is 4.20. The molecule has 4 rings (SSSR count). The lowest BCUT2D eigenvalue weighted by atomic mass is 10.0. The van der Waals surface area contributed by atoms with E-state index in [1.54, 1.807) is 6.07 Å². The fraction of sp³-hybridized carbons (Fsp3) is 0.222. The van der Waals surface area contributed by atoms with Crippen LogP contribution in [0.3, 0.4) is 0 Å². The Hall–Kier alpha value is -2.78. The molecular weight excluding hydrogens is 371 g/mol. The highest BCUT2D eigenvalue weighted by molar-refractivity contribution is 7.90. The summed E-state index contributed by atoms with van der Waals surface area (Å²) in [6.45, 7) is 0. The second kappa shape index (κ2) is 6.43. The van der Waals surface area contributed by atoms with Crippen molar-refractivity contribution in [3.63, 3.8) is 0 Å². The molecule has 0 bridgehead atoms. The van der Waals surface area contributed by atoms with Crippen LogP contribution in [0, 0.1) is 5.82 Å². The summed E-state index contributed by atoms with van der Waals surface area (Å²) in [5.41, 5.74) is 8.45. The zero-order valence-corrected chi connectivity index (χ0v) is 15.0. The largest absolute Gasteiger partial charge is 0.341 e. The Morgan fingerprint density at radius 3 is 2.70 bits per heavy atom. The van der Waals surface area contributed by atoms with Crippen LogP contribution in [-0.2, 0) is 21.2 Å². The molecule has 1 saturated heterocycles. The number of H-pyrrole nitrogens is 1. The van der Waals surface area contributed by atoms with Gasteiger partial charge in [0.25, 0.3) is 0 Å². The topological polar surface area (TPSA) is 118 Å². The number of halogens is 1. The Balaban J connectivity index is 1.56. The monoisotopic (exact) mass is 388 g/mol. The molecule has 0 spiro atoms. The SMILES string of the molecule is N[C@@H](Cc1ccc(C2CC(=O)NS2(=O)=O)c(F)c1)c1nc2ccccc2[nH]1. The van der Waals surface area contributed by atoms with Crippen LogP contribution in [0.15, 0.2) is 42.5 Å². The summed E-state index contributed by atoms with van der Waals surface area (Å²) in [7, 11) is -3.88. The van der Waals surface area contributed by atoms with Crippen LogP contribution < -0.4 is 10.5 Å². The van der Waals surface area contributed by atoms with E-state index in [0.29, 0.717) is 17.8 Å². The fourth-order valence-corrected chi connectivity index (χ4v) is 4.72. The summed E-state index contributed by atoms with van der Waals surface area (Å²) < 4.78 is 40.3. The minimum absolute atomic E-state index is 0.0191. The number of nitrogens with one attached hydrogen (secondary N) is 2. The van der Waals surface area contributed by atoms with Gasteiger partial charge in [0, 0.05) is 5.56 Å². The van der Waals surface area contributed by atoms with Crippen LogP contribution in [0.25, 0.3) is 11.0 Å². The first-order valence-corrected chi connectivity index (χ1v) is 9.91. The second-order valence-corrected chi connectivity index (χ2v) is 8.43. The Bertz CT molecular complexity index is 1110. The number of amides is 1. The Morgan fingerprint density at radius 2 is 2.04 bits per heavy atom. The molecule has 3 aromatic rings. The van der Waals surface area contributed by atoms with E-state index >= 15 is 0 Å². The Labute approximate surface area is 154 Å². The predicted molar refractivity (Wildman–Crippen MR) is 97.5 cm³/mol. The highest BCUT2D eigenvalue weighted by Crippen LogP contribution is 2.32. The number of nitrogens with two attached hydrogens (primary N) is 1. The van der Waals surface area contributed by atoms with Crippen LogP contribution in [0.5, 0.6) is 0 Å². The quantitative estimate of drug-likeness (QED) is 0.630. The van der Waals surface area contributed by atoms with E-state index in [4.69, 9.17) is 5.73 Å². The van der Waals surface area contributed by atoms with Gasteiger partial charge in [-0.2, -0.15) is 0 Å². The highest BCUT2D eigenvalue weighted by Gasteiger charge is 2.39. The number of para-hydroxylation sites is 2. The molecule has 1 unspecified atom stereocenters. The third kappa shape index (κ3) is 3.31. The predicted octanol–water partition coefficient (Wildman–Crippen LogP) is 1.84. The molecule has 4 N–H and O–H groups in total. The first-order valence-electron chi connectivity index (χ1n) is 8.36. The summed E-state index contributed by atoms with van der Waals surface area (Å²) in [6.07, 6.45) is 0.0444. The molecule has 0 saturated carbocycles. The molecular formula is C18H17FN4O3S. The van der Waals surface area contributed by atoms with Crippen LogP contribution >= 0.6 is 0 Å². The van der Waals surface area contributed by atoms with Gasteiger partial charge in [-0.05, 0) is 30.2 Å². The maximum absolute atomic E-state index is 14.5. The molecule has 1 aliphatic rings. The van der Waals surface area contributed by atoms with Gasteiger partial charge in [-0.15, -0.1) is 0 Å². The third-order valence-corrected chi connectivity index (χ3v) is 6.31. The number of hydrogen-bond donors (Lipinski definition) is 3. The van der Waals surface area contributed by atoms with Gasteiger partial charge in [0.2, 0.25) is 15.9 Å². The van der Waals surface area contributed by atoms with Crippen LogP contribution in [0.1, 0.15) is 34.7 Å². The zero-order valence-electron chi connectivity index (χ0n) is 14.1. The standard InChI is InChI=1S/C18H17FN4O3S/c19-12-7-10(5-6-11(12)16-9-17(24)23-27(16,25)26)8-13(20)18-21-14-3-1-2-4-15(14)22-18/h1-7,13,16H,8-9,20H2,(H,21,22)(H,23,24)/t13-,16?/m0/s1. The molecule has 7 nitrogen and oxygen atoms in total. The van der Waals surface area contributed by atoms with Crippen LogP contribution in [0.2, 0.25) is 0 Å². The van der Waals surface area contributed by atoms with Crippen molar-refractivity contribution >= 4 is 27.0 Å². The van der Waals surface area contributed by atoms with E-state index in [-0.39, 0.29) is 12.0 Å². The van der Waals surface area contributed by atoms with Crippen molar-refractivity contribution in [1.29, 1.82) is 0 Å². The number of hydrogen-bond acceptors (Lipinski definition) is 5. The molecule has 1 fully saturated rings. The number of fused-ring (bicyclic) bond motifs is 1. The molecule has 1 aromatic heterocycles. The van der Waals surface area contributed by atoms with E-state index in [0.717, 1.165) is 11.0 Å². The molecule has 2 aromatic carbocycles. The van der Waals surface area contributed by atoms with Gasteiger partial charge in [0.05, 0.1) is 23.5 Å². The number of sulfonamides is 1. The minimum Gasteiger partial charge on any atom is -0.341 e. The van der Waals surface area contributed by atoms with Gasteiger partial charge in [-0.3, -0.25) is 9.52 Å².